The van der Waals surface area contributed by atoms with Crippen LogP contribution in [0, 0.1) is 21.7 Å². The van der Waals surface area contributed by atoms with E-state index in [0.29, 0.717) is 34.5 Å². The van der Waals surface area contributed by atoms with Crippen LogP contribution < -0.4 is 0 Å². The third kappa shape index (κ3) is 17.6. The highest BCUT2D eigenvalue weighted by atomic mass is 14.4. The van der Waals surface area contributed by atoms with E-state index in [2.05, 4.69) is 204 Å². The summed E-state index contributed by atoms with van der Waals surface area (Å²) in [5, 5.41) is 0. The lowest BCUT2D eigenvalue weighted by atomic mass is 9.68. The predicted molar refractivity (Wildman–Crippen MR) is 236 cm³/mol. The Hall–Kier alpha value is -3.12. The first kappa shape index (κ1) is 46.9. The van der Waals surface area contributed by atoms with Crippen molar-refractivity contribution in [2.24, 2.45) is 21.7 Å². The SMILES string of the molecule is CC.CC.CC(C)(C)C[C@@H](C[C@@H](c1ccccc1)C(C)(C)C)c1ccccc1.CC(C)(C)C[C@@H](C[C@@H](c1ccccc1)C(C)(C)C)c1ccccc1. The van der Waals surface area contributed by atoms with Gasteiger partial charge in [-0.05, 0) is 93.3 Å². The highest BCUT2D eigenvalue weighted by Crippen LogP contribution is 2.46. The molecular weight excluding hydrogens is 625 g/mol. The summed E-state index contributed by atoms with van der Waals surface area (Å²) in [5.74, 6) is 2.31. The molecule has 0 unspecified atom stereocenters. The van der Waals surface area contributed by atoms with Gasteiger partial charge in [-0.25, -0.2) is 0 Å². The van der Waals surface area contributed by atoms with Crippen LogP contribution in [0.5, 0.6) is 0 Å². The summed E-state index contributed by atoms with van der Waals surface area (Å²) in [5.41, 5.74) is 7.09. The van der Waals surface area contributed by atoms with Gasteiger partial charge in [-0.3, -0.25) is 0 Å². The molecule has 0 aliphatic carbocycles. The molecule has 52 heavy (non-hydrogen) atoms. The summed E-state index contributed by atoms with van der Waals surface area (Å²) in [6.07, 6.45) is 4.84. The molecule has 0 spiro atoms. The molecule has 4 rings (SSSR count). The zero-order valence-electron chi connectivity index (χ0n) is 36.7. The lowest BCUT2D eigenvalue weighted by Crippen LogP contribution is -2.23. The van der Waals surface area contributed by atoms with E-state index in [1.165, 1.54) is 47.9 Å². The first-order valence-electron chi connectivity index (χ1n) is 20.5. The molecule has 0 nitrogen and oxygen atoms in total. The normalized spacial score (nSPS) is 14.2. The monoisotopic (exact) mass is 705 g/mol. The molecule has 4 atom stereocenters. The van der Waals surface area contributed by atoms with Gasteiger partial charge in [-0.1, -0.05) is 232 Å². The lowest BCUT2D eigenvalue weighted by molar-refractivity contribution is 0.256. The summed E-state index contributed by atoms with van der Waals surface area (Å²) in [4.78, 5) is 0. The third-order valence-electron chi connectivity index (χ3n) is 9.79. The van der Waals surface area contributed by atoms with Crippen LogP contribution in [0.2, 0.25) is 0 Å². The van der Waals surface area contributed by atoms with E-state index in [0.717, 1.165) is 0 Å². The summed E-state index contributed by atoms with van der Waals surface area (Å²) in [7, 11) is 0. The fourth-order valence-electron chi connectivity index (χ4n) is 7.52. The Morgan fingerprint density at radius 2 is 0.538 bits per heavy atom. The van der Waals surface area contributed by atoms with Gasteiger partial charge in [0.2, 0.25) is 0 Å². The van der Waals surface area contributed by atoms with Crippen molar-refractivity contribution < 1.29 is 0 Å². The molecule has 0 aliphatic heterocycles. The van der Waals surface area contributed by atoms with Gasteiger partial charge >= 0.3 is 0 Å². The zero-order valence-corrected chi connectivity index (χ0v) is 36.7. The van der Waals surface area contributed by atoms with Gasteiger partial charge in [0, 0.05) is 0 Å². The predicted octanol–water partition coefficient (Wildman–Crippen LogP) is 16.9. The Bertz CT molecular complexity index is 1310. The molecule has 0 heterocycles. The van der Waals surface area contributed by atoms with Crippen molar-refractivity contribution in [3.05, 3.63) is 144 Å². The molecule has 0 saturated heterocycles. The molecule has 0 amide bonds. The number of hydrogen-bond acceptors (Lipinski definition) is 0. The molecule has 0 heteroatoms. The Kier molecular flexibility index (Phi) is 20.0. The minimum absolute atomic E-state index is 0.256. The molecule has 0 N–H and O–H groups in total. The second-order valence-corrected chi connectivity index (χ2v) is 18.9. The number of hydrogen-bond donors (Lipinski definition) is 0. The van der Waals surface area contributed by atoms with E-state index in [9.17, 15) is 0 Å². The Morgan fingerprint density at radius 1 is 0.327 bits per heavy atom. The summed E-state index contributed by atoms with van der Waals surface area (Å²) in [6.45, 7) is 36.4. The third-order valence-corrected chi connectivity index (χ3v) is 9.79. The van der Waals surface area contributed by atoms with Gasteiger partial charge in [0.05, 0.1) is 0 Å². The van der Waals surface area contributed by atoms with Crippen LogP contribution in [-0.4, -0.2) is 0 Å². The molecule has 0 aliphatic rings. The second kappa shape index (κ2) is 22.2. The average molecular weight is 705 g/mol. The average Bonchev–Trinajstić information content (AvgIpc) is 3.10. The lowest BCUT2D eigenvalue weighted by Gasteiger charge is -2.36. The first-order valence-corrected chi connectivity index (χ1v) is 20.5. The van der Waals surface area contributed by atoms with E-state index in [1.807, 2.05) is 27.7 Å². The summed E-state index contributed by atoms with van der Waals surface area (Å²) >= 11 is 0. The molecule has 288 valence electrons. The number of benzene rings is 4. The van der Waals surface area contributed by atoms with E-state index >= 15 is 0 Å². The molecule has 0 bridgehead atoms. The van der Waals surface area contributed by atoms with Crippen molar-refractivity contribution in [2.45, 2.75) is 160 Å². The van der Waals surface area contributed by atoms with Crippen LogP contribution in [0.4, 0.5) is 0 Å². The van der Waals surface area contributed by atoms with Gasteiger partial charge < -0.3 is 0 Å². The summed E-state index contributed by atoms with van der Waals surface area (Å²) < 4.78 is 0. The second-order valence-electron chi connectivity index (χ2n) is 18.9. The maximum Gasteiger partial charge on any atom is -0.0107 e. The zero-order chi connectivity index (χ0) is 39.6. The van der Waals surface area contributed by atoms with Crippen molar-refractivity contribution in [2.75, 3.05) is 0 Å². The van der Waals surface area contributed by atoms with Crippen LogP contribution in [0.15, 0.2) is 121 Å². The Balaban J connectivity index is 0.000000475. The first-order chi connectivity index (χ1) is 24.3. The Labute approximate surface area is 324 Å². The van der Waals surface area contributed by atoms with E-state index in [1.54, 1.807) is 0 Å². The van der Waals surface area contributed by atoms with Crippen LogP contribution >= 0.6 is 0 Å². The van der Waals surface area contributed by atoms with Crippen LogP contribution in [-0.2, 0) is 0 Å². The van der Waals surface area contributed by atoms with E-state index in [4.69, 9.17) is 0 Å². The molecule has 4 aromatic rings. The standard InChI is InChI=1S/2C24H34.2C2H6/c2*1-23(2,3)18-21(19-13-9-7-10-14-19)17-22(24(4,5)6)20-15-11-8-12-16-20;2*1-2/h2*7-16,21-22H,17-18H2,1-6H3;2*1-2H3/t2*21-,22+;;/m11../s1. The molecule has 0 saturated carbocycles. The van der Waals surface area contributed by atoms with Crippen LogP contribution in [0.1, 0.15) is 182 Å². The van der Waals surface area contributed by atoms with Crippen molar-refractivity contribution in [3.63, 3.8) is 0 Å². The smallest absolute Gasteiger partial charge is 0.0107 e. The minimum Gasteiger partial charge on any atom is -0.0683 e. The highest BCUT2D eigenvalue weighted by molar-refractivity contribution is 5.27. The van der Waals surface area contributed by atoms with Crippen molar-refractivity contribution in [3.8, 4) is 0 Å². The van der Waals surface area contributed by atoms with Gasteiger partial charge in [0.1, 0.15) is 0 Å². The molecule has 4 aromatic carbocycles. The molecule has 0 radical (unpaired) electrons. The summed E-state index contributed by atoms with van der Waals surface area (Å²) in [6, 6.07) is 44.3. The van der Waals surface area contributed by atoms with Gasteiger partial charge in [-0.15, -0.1) is 0 Å². The largest absolute Gasteiger partial charge is 0.0683 e. The van der Waals surface area contributed by atoms with Gasteiger partial charge in [-0.2, -0.15) is 0 Å². The topological polar surface area (TPSA) is 0 Å². The van der Waals surface area contributed by atoms with Crippen LogP contribution in [0.3, 0.4) is 0 Å². The van der Waals surface area contributed by atoms with Crippen molar-refractivity contribution in [1.82, 2.24) is 0 Å². The minimum atomic E-state index is 0.256. The van der Waals surface area contributed by atoms with Crippen molar-refractivity contribution in [1.29, 1.82) is 0 Å². The Morgan fingerprint density at radius 3 is 0.731 bits per heavy atom. The maximum atomic E-state index is 2.38. The van der Waals surface area contributed by atoms with E-state index < -0.39 is 0 Å². The van der Waals surface area contributed by atoms with Crippen LogP contribution in [0.25, 0.3) is 0 Å². The molecule has 0 aromatic heterocycles. The number of rotatable bonds is 10. The van der Waals surface area contributed by atoms with Crippen molar-refractivity contribution >= 4 is 0 Å². The molecule has 0 fully saturated rings. The molecular formula is C52H80. The highest BCUT2D eigenvalue weighted by Gasteiger charge is 2.32. The quantitative estimate of drug-likeness (QED) is 0.154. The van der Waals surface area contributed by atoms with Gasteiger partial charge in [0.15, 0.2) is 0 Å². The van der Waals surface area contributed by atoms with Gasteiger partial charge in [0.25, 0.3) is 0 Å². The van der Waals surface area contributed by atoms with E-state index in [-0.39, 0.29) is 10.8 Å². The fourth-order valence-corrected chi connectivity index (χ4v) is 7.52. The maximum absolute atomic E-state index is 2.38. The fraction of sp³-hybridized carbons (Fsp3) is 0.538.